The number of nitrogens with two attached hydrogens (primary N) is 1. The minimum absolute atomic E-state index is 0.230. The number of aryl methyl sites for hydroxylation is 1. The van der Waals surface area contributed by atoms with Gasteiger partial charge in [0.2, 0.25) is 0 Å². The zero-order valence-corrected chi connectivity index (χ0v) is 16.7. The fourth-order valence-corrected chi connectivity index (χ4v) is 3.06. The number of rotatable bonds is 2. The number of hydrogen-bond acceptors (Lipinski definition) is 7. The normalized spacial score (nSPS) is 15.1. The van der Waals surface area contributed by atoms with Gasteiger partial charge < -0.3 is 20.3 Å². The first-order chi connectivity index (χ1) is 12.6. The van der Waals surface area contributed by atoms with Crippen LogP contribution in [0.25, 0.3) is 5.69 Å². The maximum absolute atomic E-state index is 12.2. The molecule has 0 aromatic carbocycles. The van der Waals surface area contributed by atoms with E-state index in [1.165, 1.54) is 0 Å². The molecule has 0 saturated carbocycles. The maximum Gasteiger partial charge on any atom is 0.410 e. The van der Waals surface area contributed by atoms with Crippen molar-refractivity contribution in [2.45, 2.75) is 33.3 Å². The first-order valence-electron chi connectivity index (χ1n) is 8.72. The van der Waals surface area contributed by atoms with Gasteiger partial charge in [0.15, 0.2) is 5.15 Å². The minimum Gasteiger partial charge on any atom is -0.444 e. The second-order valence-corrected chi connectivity index (χ2v) is 7.80. The molecule has 2 aromatic rings. The van der Waals surface area contributed by atoms with Gasteiger partial charge in [0, 0.05) is 32.2 Å². The van der Waals surface area contributed by atoms with Crippen molar-refractivity contribution in [1.82, 2.24) is 24.9 Å². The molecule has 1 aliphatic rings. The van der Waals surface area contributed by atoms with Gasteiger partial charge in [0.25, 0.3) is 0 Å². The van der Waals surface area contributed by atoms with Crippen LogP contribution >= 0.6 is 11.6 Å². The number of nitrogen functional groups attached to an aromatic ring is 1. The summed E-state index contributed by atoms with van der Waals surface area (Å²) < 4.78 is 7.09. The van der Waals surface area contributed by atoms with Crippen molar-refractivity contribution in [2.24, 2.45) is 0 Å². The van der Waals surface area contributed by atoms with E-state index in [0.717, 1.165) is 11.4 Å². The Morgan fingerprint density at radius 1 is 1.19 bits per heavy atom. The standard InChI is InChI=1S/C17H24ClN7O2/c1-11-13(10-25(22-11)12-9-14(19)20-21-15(12)18)23-5-7-24(8-6-23)16(26)27-17(2,3)4/h9-10H,5-8H2,1-4H3,(H2,19,20). The molecule has 3 rings (SSSR count). The lowest BCUT2D eigenvalue weighted by Gasteiger charge is -2.36. The van der Waals surface area contributed by atoms with Gasteiger partial charge in [0.05, 0.1) is 17.6 Å². The summed E-state index contributed by atoms with van der Waals surface area (Å²) in [4.78, 5) is 16.1. The van der Waals surface area contributed by atoms with E-state index < -0.39 is 5.60 Å². The van der Waals surface area contributed by atoms with Crippen molar-refractivity contribution in [1.29, 1.82) is 0 Å². The summed E-state index contributed by atoms with van der Waals surface area (Å²) in [5, 5.41) is 12.3. The number of carbonyl (C=O) groups is 1. The van der Waals surface area contributed by atoms with E-state index in [1.54, 1.807) is 15.6 Å². The summed E-state index contributed by atoms with van der Waals surface area (Å²) in [5.74, 6) is 0.273. The lowest BCUT2D eigenvalue weighted by Crippen LogP contribution is -2.50. The highest BCUT2D eigenvalue weighted by Gasteiger charge is 2.27. The molecule has 1 amide bonds. The third-order valence-electron chi connectivity index (χ3n) is 4.14. The van der Waals surface area contributed by atoms with Gasteiger partial charge in [-0.1, -0.05) is 11.6 Å². The molecule has 3 heterocycles. The van der Waals surface area contributed by atoms with Crippen LogP contribution < -0.4 is 10.6 Å². The third-order valence-corrected chi connectivity index (χ3v) is 4.41. The summed E-state index contributed by atoms with van der Waals surface area (Å²) in [6, 6.07) is 1.63. The molecule has 2 aromatic heterocycles. The van der Waals surface area contributed by atoms with Gasteiger partial charge in [-0.05, 0) is 27.7 Å². The zero-order valence-electron chi connectivity index (χ0n) is 15.9. The second kappa shape index (κ2) is 7.22. The SMILES string of the molecule is Cc1nn(-c2cc(N)nnc2Cl)cc1N1CCN(C(=O)OC(C)(C)C)CC1. The maximum atomic E-state index is 12.2. The Bertz CT molecular complexity index is 838. The molecule has 1 saturated heterocycles. The monoisotopic (exact) mass is 393 g/mol. The van der Waals surface area contributed by atoms with E-state index >= 15 is 0 Å². The molecule has 0 aliphatic carbocycles. The summed E-state index contributed by atoms with van der Waals surface area (Å²) in [6.45, 7) is 10.1. The van der Waals surface area contributed by atoms with Crippen molar-refractivity contribution in [3.05, 3.63) is 23.1 Å². The van der Waals surface area contributed by atoms with Crippen LogP contribution in [0, 0.1) is 6.92 Å². The molecule has 1 fully saturated rings. The molecule has 0 unspecified atom stereocenters. The van der Waals surface area contributed by atoms with Crippen LogP contribution in [-0.4, -0.2) is 62.8 Å². The topological polar surface area (TPSA) is 102 Å². The third kappa shape index (κ3) is 4.41. The molecule has 146 valence electrons. The van der Waals surface area contributed by atoms with E-state index in [1.807, 2.05) is 33.9 Å². The van der Waals surface area contributed by atoms with E-state index in [9.17, 15) is 4.79 Å². The number of nitrogens with zero attached hydrogens (tertiary/aromatic N) is 6. The predicted molar refractivity (Wildman–Crippen MR) is 103 cm³/mol. The Morgan fingerprint density at radius 2 is 1.85 bits per heavy atom. The molecular formula is C17H24ClN7O2. The van der Waals surface area contributed by atoms with E-state index in [4.69, 9.17) is 22.1 Å². The summed E-state index contributed by atoms with van der Waals surface area (Å²) in [6.07, 6.45) is 1.61. The summed E-state index contributed by atoms with van der Waals surface area (Å²) >= 11 is 6.12. The van der Waals surface area contributed by atoms with E-state index in [2.05, 4.69) is 20.2 Å². The number of halogens is 1. The Balaban J connectivity index is 1.71. The zero-order chi connectivity index (χ0) is 19.8. The van der Waals surface area contributed by atoms with Crippen molar-refractivity contribution in [3.8, 4) is 5.69 Å². The summed E-state index contributed by atoms with van der Waals surface area (Å²) in [5.41, 5.74) is 7.62. The van der Waals surface area contributed by atoms with Crippen LogP contribution in [0.1, 0.15) is 26.5 Å². The molecule has 1 aliphatic heterocycles. The first kappa shape index (κ1) is 19.2. The van der Waals surface area contributed by atoms with Crippen molar-refractivity contribution >= 4 is 29.2 Å². The molecule has 9 nitrogen and oxygen atoms in total. The van der Waals surface area contributed by atoms with Gasteiger partial charge in [0.1, 0.15) is 17.1 Å². The Labute approximate surface area is 163 Å². The quantitative estimate of drug-likeness (QED) is 0.834. The fourth-order valence-electron chi connectivity index (χ4n) is 2.88. The Morgan fingerprint density at radius 3 is 2.48 bits per heavy atom. The van der Waals surface area contributed by atoms with Crippen LogP contribution in [0.5, 0.6) is 0 Å². The average molecular weight is 394 g/mol. The number of amides is 1. The van der Waals surface area contributed by atoms with Gasteiger partial charge in [-0.2, -0.15) is 5.10 Å². The number of anilines is 2. The molecule has 0 atom stereocenters. The molecule has 10 heteroatoms. The van der Waals surface area contributed by atoms with Gasteiger partial charge in [-0.25, -0.2) is 9.48 Å². The Kier molecular flexibility index (Phi) is 5.14. The largest absolute Gasteiger partial charge is 0.444 e. The fraction of sp³-hybridized carbons (Fsp3) is 0.529. The van der Waals surface area contributed by atoms with Crippen molar-refractivity contribution in [3.63, 3.8) is 0 Å². The number of ether oxygens (including phenoxy) is 1. The summed E-state index contributed by atoms with van der Waals surface area (Å²) in [7, 11) is 0. The molecule has 0 bridgehead atoms. The van der Waals surface area contributed by atoms with Crippen LogP contribution in [0.4, 0.5) is 16.3 Å². The lowest BCUT2D eigenvalue weighted by atomic mass is 10.2. The lowest BCUT2D eigenvalue weighted by molar-refractivity contribution is 0.0240. The van der Waals surface area contributed by atoms with Crippen molar-refractivity contribution in [2.75, 3.05) is 36.8 Å². The number of hydrogen-bond donors (Lipinski definition) is 1. The van der Waals surface area contributed by atoms with Gasteiger partial charge in [-0.3, -0.25) is 0 Å². The first-order valence-corrected chi connectivity index (χ1v) is 9.10. The smallest absolute Gasteiger partial charge is 0.410 e. The predicted octanol–water partition coefficient (Wildman–Crippen LogP) is 2.26. The van der Waals surface area contributed by atoms with Crippen molar-refractivity contribution < 1.29 is 9.53 Å². The highest BCUT2D eigenvalue weighted by Crippen LogP contribution is 2.25. The molecule has 0 spiro atoms. The molecule has 0 radical (unpaired) electrons. The molecule has 27 heavy (non-hydrogen) atoms. The van der Waals surface area contributed by atoms with Crippen LogP contribution in [0.3, 0.4) is 0 Å². The average Bonchev–Trinajstić information content (AvgIpc) is 2.97. The molecule has 2 N–H and O–H groups in total. The van der Waals surface area contributed by atoms with Gasteiger partial charge in [-0.15, -0.1) is 10.2 Å². The number of aromatic nitrogens is 4. The van der Waals surface area contributed by atoms with E-state index in [-0.39, 0.29) is 17.1 Å². The van der Waals surface area contributed by atoms with Crippen LogP contribution in [0.15, 0.2) is 12.3 Å². The number of piperazine rings is 1. The highest BCUT2D eigenvalue weighted by molar-refractivity contribution is 6.31. The van der Waals surface area contributed by atoms with Crippen LogP contribution in [0.2, 0.25) is 5.15 Å². The minimum atomic E-state index is -0.494. The van der Waals surface area contributed by atoms with Crippen LogP contribution in [-0.2, 0) is 4.74 Å². The number of carbonyl (C=O) groups excluding carboxylic acids is 1. The second-order valence-electron chi connectivity index (χ2n) is 7.44. The van der Waals surface area contributed by atoms with E-state index in [0.29, 0.717) is 31.9 Å². The van der Waals surface area contributed by atoms with Gasteiger partial charge >= 0.3 is 6.09 Å². The highest BCUT2D eigenvalue weighted by atomic mass is 35.5. The molecular weight excluding hydrogens is 370 g/mol. The Hall–Kier alpha value is -2.55.